The van der Waals surface area contributed by atoms with E-state index in [4.69, 9.17) is 10.00 Å². The highest BCUT2D eigenvalue weighted by Crippen LogP contribution is 2.34. The maximum Gasteiger partial charge on any atom is 0.188 e. The van der Waals surface area contributed by atoms with Crippen molar-refractivity contribution in [1.82, 2.24) is 0 Å². The summed E-state index contributed by atoms with van der Waals surface area (Å²) in [5, 5.41) is 11.9. The number of allylic oxidation sites excluding steroid dienone is 2. The Balaban J connectivity index is 2.61. The summed E-state index contributed by atoms with van der Waals surface area (Å²) in [5.74, 6) is 0.626. The Morgan fingerprint density at radius 1 is 1.50 bits per heavy atom. The Morgan fingerprint density at radius 3 is 2.44 bits per heavy atom. The smallest absolute Gasteiger partial charge is 0.188 e. The van der Waals surface area contributed by atoms with Crippen LogP contribution in [0.5, 0.6) is 0 Å². The molecule has 0 amide bonds. The zero-order valence-electron chi connectivity index (χ0n) is 11.3. The van der Waals surface area contributed by atoms with E-state index in [9.17, 15) is 4.91 Å². The average molecular weight is 248 g/mol. The first-order valence-corrected chi connectivity index (χ1v) is 6.13. The van der Waals surface area contributed by atoms with Gasteiger partial charge in [-0.05, 0) is 57.7 Å². The minimum Gasteiger partial charge on any atom is -0.489 e. The van der Waals surface area contributed by atoms with Gasteiger partial charge >= 0.3 is 0 Å². The van der Waals surface area contributed by atoms with E-state index in [1.54, 1.807) is 0 Å². The summed E-state index contributed by atoms with van der Waals surface area (Å²) in [6, 6.07) is 2.02. The van der Waals surface area contributed by atoms with Gasteiger partial charge in [0.1, 0.15) is 11.4 Å². The zero-order valence-corrected chi connectivity index (χ0v) is 11.3. The van der Waals surface area contributed by atoms with E-state index in [1.807, 2.05) is 32.9 Å². The second kappa shape index (κ2) is 5.34. The van der Waals surface area contributed by atoms with Gasteiger partial charge in [-0.25, -0.2) is 0 Å². The van der Waals surface area contributed by atoms with Crippen molar-refractivity contribution in [2.24, 2.45) is 5.18 Å². The van der Waals surface area contributed by atoms with E-state index in [0.29, 0.717) is 31.4 Å². The summed E-state index contributed by atoms with van der Waals surface area (Å²) in [6.07, 6.45) is 4.29. The van der Waals surface area contributed by atoms with Crippen LogP contribution in [0, 0.1) is 16.2 Å². The van der Waals surface area contributed by atoms with Crippen molar-refractivity contribution in [2.45, 2.75) is 57.6 Å². The van der Waals surface area contributed by atoms with E-state index in [1.165, 1.54) is 5.57 Å². The predicted octanol–water partition coefficient (Wildman–Crippen LogP) is 3.84. The lowest BCUT2D eigenvalue weighted by molar-refractivity contribution is 0.0606. The van der Waals surface area contributed by atoms with Crippen LogP contribution in [0.15, 0.2) is 29.2 Å². The molecule has 1 rings (SSSR count). The number of hydrogen-bond acceptors (Lipinski definition) is 4. The molecule has 1 aliphatic carbocycles. The maximum atomic E-state index is 10.7. The third-order valence-corrected chi connectivity index (χ3v) is 2.90. The highest BCUT2D eigenvalue weighted by Gasteiger charge is 2.35. The summed E-state index contributed by atoms with van der Waals surface area (Å²) in [7, 11) is 0. The molecule has 0 saturated heterocycles. The Bertz CT molecular complexity index is 400. The average Bonchev–Trinajstić information content (AvgIpc) is 2.28. The van der Waals surface area contributed by atoms with Crippen LogP contribution in [0.25, 0.3) is 0 Å². The largest absolute Gasteiger partial charge is 0.489 e. The normalized spacial score (nSPS) is 24.0. The van der Waals surface area contributed by atoms with Crippen LogP contribution >= 0.6 is 0 Å². The molecule has 0 spiro atoms. The van der Waals surface area contributed by atoms with Gasteiger partial charge in [0.15, 0.2) is 5.54 Å². The lowest BCUT2D eigenvalue weighted by Gasteiger charge is -2.26. The summed E-state index contributed by atoms with van der Waals surface area (Å²) in [4.78, 5) is 10.7. The first-order valence-electron chi connectivity index (χ1n) is 6.13. The van der Waals surface area contributed by atoms with Gasteiger partial charge < -0.3 is 4.74 Å². The number of nitrogens with zero attached hydrogens (tertiary/aromatic N) is 2. The molecule has 0 aliphatic heterocycles. The molecule has 0 heterocycles. The van der Waals surface area contributed by atoms with E-state index < -0.39 is 5.54 Å². The lowest BCUT2D eigenvalue weighted by Crippen LogP contribution is -2.27. The first kappa shape index (κ1) is 14.4. The Kier molecular flexibility index (Phi) is 4.28. The second-order valence-electron chi connectivity index (χ2n) is 5.72. The number of nitroso groups, excluding NO2 is 1. The van der Waals surface area contributed by atoms with Gasteiger partial charge in [-0.3, -0.25) is 0 Å². The highest BCUT2D eigenvalue weighted by molar-refractivity contribution is 5.23. The minimum atomic E-state index is -1.02. The lowest BCUT2D eigenvalue weighted by atomic mass is 9.81. The van der Waals surface area contributed by atoms with Crippen molar-refractivity contribution in [1.29, 1.82) is 5.26 Å². The van der Waals surface area contributed by atoms with Crippen molar-refractivity contribution < 1.29 is 4.74 Å². The highest BCUT2D eigenvalue weighted by atomic mass is 16.5. The molecule has 4 heteroatoms. The molecule has 1 aliphatic rings. The third kappa shape index (κ3) is 3.99. The van der Waals surface area contributed by atoms with Crippen LogP contribution in [0.3, 0.4) is 0 Å². The van der Waals surface area contributed by atoms with Crippen molar-refractivity contribution in [2.75, 3.05) is 0 Å². The molecule has 1 saturated carbocycles. The van der Waals surface area contributed by atoms with Gasteiger partial charge in [-0.1, -0.05) is 12.2 Å². The number of ether oxygens (including phenoxy) is 1. The van der Waals surface area contributed by atoms with Gasteiger partial charge in [-0.15, -0.1) is 4.91 Å². The molecule has 0 bridgehead atoms. The van der Waals surface area contributed by atoms with Crippen LogP contribution < -0.4 is 0 Å². The number of nitriles is 1. The number of rotatable bonds is 3. The van der Waals surface area contributed by atoms with Crippen molar-refractivity contribution >= 4 is 0 Å². The fourth-order valence-corrected chi connectivity index (χ4v) is 2.00. The fourth-order valence-electron chi connectivity index (χ4n) is 2.00. The summed E-state index contributed by atoms with van der Waals surface area (Å²) >= 11 is 0. The van der Waals surface area contributed by atoms with E-state index in [0.717, 1.165) is 0 Å². The molecule has 0 radical (unpaired) electrons. The minimum absolute atomic E-state index is 0.260. The van der Waals surface area contributed by atoms with Crippen molar-refractivity contribution in [3.8, 4) is 6.07 Å². The van der Waals surface area contributed by atoms with Crippen molar-refractivity contribution in [3.05, 3.63) is 28.9 Å². The van der Waals surface area contributed by atoms with E-state index in [-0.39, 0.29) is 5.60 Å². The van der Waals surface area contributed by atoms with Crippen molar-refractivity contribution in [3.63, 3.8) is 0 Å². The van der Waals surface area contributed by atoms with Gasteiger partial charge in [0.2, 0.25) is 0 Å². The summed E-state index contributed by atoms with van der Waals surface area (Å²) in [6.45, 7) is 9.76. The molecule has 0 aromatic heterocycles. The molecule has 4 nitrogen and oxygen atoms in total. The Labute approximate surface area is 108 Å². The van der Waals surface area contributed by atoms with E-state index >= 15 is 0 Å². The molecule has 98 valence electrons. The topological polar surface area (TPSA) is 62.5 Å². The monoisotopic (exact) mass is 248 g/mol. The standard InChI is InChI=1S/C14H20N2O2/c1-11(18-13(2,3)4)9-12-5-7-14(10-15,16-17)8-6-12/h9H,1,5-8H2,2-4H3. The second-order valence-corrected chi connectivity index (χ2v) is 5.72. The molecule has 0 atom stereocenters. The molecule has 0 unspecified atom stereocenters. The predicted molar refractivity (Wildman–Crippen MR) is 70.7 cm³/mol. The Hall–Kier alpha value is -1.63. The van der Waals surface area contributed by atoms with Crippen LogP contribution in [0.1, 0.15) is 46.5 Å². The molecule has 18 heavy (non-hydrogen) atoms. The van der Waals surface area contributed by atoms with Crippen LogP contribution in [-0.4, -0.2) is 11.1 Å². The summed E-state index contributed by atoms with van der Waals surface area (Å²) < 4.78 is 5.62. The SMILES string of the molecule is C=C(C=C1CCC(C#N)(N=O)CC1)OC(C)(C)C. The first-order chi connectivity index (χ1) is 8.30. The van der Waals surface area contributed by atoms with Crippen LogP contribution in [-0.2, 0) is 4.74 Å². The quantitative estimate of drug-likeness (QED) is 0.563. The molecular formula is C14H20N2O2. The number of hydrogen-bond donors (Lipinski definition) is 0. The van der Waals surface area contributed by atoms with Crippen LogP contribution in [0.4, 0.5) is 0 Å². The van der Waals surface area contributed by atoms with Crippen LogP contribution in [0.2, 0.25) is 0 Å². The molecule has 0 aromatic rings. The maximum absolute atomic E-state index is 10.7. The Morgan fingerprint density at radius 2 is 2.06 bits per heavy atom. The molecule has 1 fully saturated rings. The zero-order chi connectivity index (χ0) is 13.8. The van der Waals surface area contributed by atoms with Gasteiger partial charge in [0.05, 0.1) is 6.07 Å². The summed E-state index contributed by atoms with van der Waals surface area (Å²) in [5.41, 5.74) is -0.119. The fraction of sp³-hybridized carbons (Fsp3) is 0.643. The third-order valence-electron chi connectivity index (χ3n) is 2.90. The van der Waals surface area contributed by atoms with Gasteiger partial charge in [0, 0.05) is 0 Å². The van der Waals surface area contributed by atoms with Gasteiger partial charge in [-0.2, -0.15) is 5.26 Å². The van der Waals surface area contributed by atoms with Gasteiger partial charge in [0.25, 0.3) is 0 Å². The molecular weight excluding hydrogens is 228 g/mol. The van der Waals surface area contributed by atoms with E-state index in [2.05, 4.69) is 11.8 Å². The molecule has 0 aromatic carbocycles. The molecule has 0 N–H and O–H groups in total.